The van der Waals surface area contributed by atoms with Crippen LogP contribution < -0.4 is 10.2 Å². The predicted molar refractivity (Wildman–Crippen MR) is 98.3 cm³/mol. The van der Waals surface area contributed by atoms with Crippen molar-refractivity contribution in [3.8, 4) is 0 Å². The predicted octanol–water partition coefficient (Wildman–Crippen LogP) is 1.13. The number of hydrogen-bond acceptors (Lipinski definition) is 2. The number of quaternary nitrogens is 1. The summed E-state index contributed by atoms with van der Waals surface area (Å²) in [5.74, 6) is 1.16. The normalized spacial score (nSPS) is 31.3. The van der Waals surface area contributed by atoms with Gasteiger partial charge >= 0.3 is 0 Å². The van der Waals surface area contributed by atoms with E-state index >= 15 is 0 Å². The third-order valence-corrected chi connectivity index (χ3v) is 6.51. The number of likely N-dealkylation sites (tertiary alicyclic amines) is 2. The zero-order valence-electron chi connectivity index (χ0n) is 15.9. The summed E-state index contributed by atoms with van der Waals surface area (Å²) in [6.45, 7) is 6.81. The Balaban J connectivity index is 1.40. The van der Waals surface area contributed by atoms with Crippen molar-refractivity contribution in [3.63, 3.8) is 0 Å². The van der Waals surface area contributed by atoms with Crippen LogP contribution >= 0.6 is 0 Å². The molecule has 0 bridgehead atoms. The molecule has 2 aliphatic heterocycles. The molecule has 1 aliphatic carbocycles. The van der Waals surface area contributed by atoms with Gasteiger partial charge in [0.2, 0.25) is 11.8 Å². The second kappa shape index (κ2) is 9.02. The maximum Gasteiger partial charge on any atom is 0.242 e. The highest BCUT2D eigenvalue weighted by molar-refractivity contribution is 5.91. The fraction of sp³-hybridized carbons (Fsp3) is 0.900. The standard InChI is InChI=1S/C20H35N3O2/c1-16-10-14-22(15-11-16)13-5-12-21-20(25)18-8-9-19(24)23(18)17-6-3-2-4-7-17/h16-18H,2-15H2,1H3,(H,21,25)/p+1. The number of nitrogens with one attached hydrogen (secondary N) is 2. The minimum absolute atomic E-state index is 0.0821. The highest BCUT2D eigenvalue weighted by Crippen LogP contribution is 2.30. The van der Waals surface area contributed by atoms with Crippen molar-refractivity contribution >= 4 is 11.8 Å². The molecule has 5 nitrogen and oxygen atoms in total. The van der Waals surface area contributed by atoms with Gasteiger partial charge in [0.1, 0.15) is 6.04 Å². The van der Waals surface area contributed by atoms with Gasteiger partial charge in [0.05, 0.1) is 19.6 Å². The van der Waals surface area contributed by atoms with Crippen molar-refractivity contribution < 1.29 is 14.5 Å². The molecule has 2 amide bonds. The van der Waals surface area contributed by atoms with Crippen molar-refractivity contribution in [2.75, 3.05) is 26.2 Å². The largest absolute Gasteiger partial charge is 0.354 e. The Morgan fingerprint density at radius 3 is 2.56 bits per heavy atom. The number of amides is 2. The molecule has 3 fully saturated rings. The molecule has 1 saturated carbocycles. The Hall–Kier alpha value is -1.10. The molecule has 0 aromatic heterocycles. The molecule has 3 aliphatic rings. The number of nitrogens with zero attached hydrogens (tertiary/aromatic N) is 1. The van der Waals surface area contributed by atoms with Gasteiger partial charge in [0.25, 0.3) is 0 Å². The fourth-order valence-corrected chi connectivity index (χ4v) is 4.87. The van der Waals surface area contributed by atoms with Crippen molar-refractivity contribution in [1.29, 1.82) is 0 Å². The van der Waals surface area contributed by atoms with E-state index in [0.717, 1.165) is 38.3 Å². The molecule has 1 unspecified atom stereocenters. The van der Waals surface area contributed by atoms with Gasteiger partial charge in [-0.25, -0.2) is 0 Å². The van der Waals surface area contributed by atoms with Crippen LogP contribution in [0.1, 0.15) is 71.1 Å². The number of carbonyl (C=O) groups is 2. The number of carbonyl (C=O) groups excluding carboxylic acids is 2. The Kier molecular flexibility index (Phi) is 6.74. The lowest BCUT2D eigenvalue weighted by atomic mass is 9.93. The third kappa shape index (κ3) is 4.96. The van der Waals surface area contributed by atoms with E-state index < -0.39 is 0 Å². The van der Waals surface area contributed by atoms with Crippen molar-refractivity contribution in [3.05, 3.63) is 0 Å². The van der Waals surface area contributed by atoms with Crippen LogP contribution in [0.2, 0.25) is 0 Å². The highest BCUT2D eigenvalue weighted by atomic mass is 16.2. The first kappa shape index (κ1) is 18.7. The van der Waals surface area contributed by atoms with E-state index in [1.165, 1.54) is 45.2 Å². The molecular formula is C20H36N3O2+. The van der Waals surface area contributed by atoms with Gasteiger partial charge in [-0.1, -0.05) is 26.2 Å². The Morgan fingerprint density at radius 2 is 1.84 bits per heavy atom. The minimum atomic E-state index is -0.209. The fourth-order valence-electron chi connectivity index (χ4n) is 4.87. The van der Waals surface area contributed by atoms with Crippen LogP contribution in [0, 0.1) is 5.92 Å². The van der Waals surface area contributed by atoms with E-state index in [0.29, 0.717) is 18.9 Å². The third-order valence-electron chi connectivity index (χ3n) is 6.51. The summed E-state index contributed by atoms with van der Waals surface area (Å²) < 4.78 is 0. The average molecular weight is 351 g/mol. The molecule has 5 heteroatoms. The van der Waals surface area contributed by atoms with Gasteiger partial charge in [-0.05, 0) is 38.0 Å². The molecule has 2 heterocycles. The van der Waals surface area contributed by atoms with E-state index in [4.69, 9.17) is 0 Å². The van der Waals surface area contributed by atoms with Gasteiger partial charge in [0, 0.05) is 25.4 Å². The molecule has 142 valence electrons. The molecule has 0 aromatic rings. The van der Waals surface area contributed by atoms with E-state index in [-0.39, 0.29) is 17.9 Å². The van der Waals surface area contributed by atoms with Crippen molar-refractivity contribution in [1.82, 2.24) is 10.2 Å². The lowest BCUT2D eigenvalue weighted by molar-refractivity contribution is -0.906. The molecule has 0 aromatic carbocycles. The Bertz CT molecular complexity index is 454. The maximum absolute atomic E-state index is 12.6. The summed E-state index contributed by atoms with van der Waals surface area (Å²) in [4.78, 5) is 28.5. The lowest BCUT2D eigenvalue weighted by Crippen LogP contribution is -3.13. The quantitative estimate of drug-likeness (QED) is 0.706. The van der Waals surface area contributed by atoms with Gasteiger partial charge < -0.3 is 15.1 Å². The van der Waals surface area contributed by atoms with Crippen molar-refractivity contribution in [2.45, 2.75) is 83.2 Å². The van der Waals surface area contributed by atoms with Gasteiger partial charge in [-0.15, -0.1) is 0 Å². The SMILES string of the molecule is CC1CC[NH+](CCCNC(=O)C2CCC(=O)N2C2CCCCC2)CC1. The second-order valence-corrected chi connectivity index (χ2v) is 8.47. The van der Waals surface area contributed by atoms with Gasteiger partial charge in [0.15, 0.2) is 0 Å². The summed E-state index contributed by atoms with van der Waals surface area (Å²) in [6, 6.07) is 0.0954. The molecule has 0 radical (unpaired) electrons. The number of rotatable bonds is 6. The molecule has 2 N–H and O–H groups in total. The first-order valence-corrected chi connectivity index (χ1v) is 10.6. The topological polar surface area (TPSA) is 53.9 Å². The summed E-state index contributed by atoms with van der Waals surface area (Å²) in [5, 5.41) is 3.12. The monoisotopic (exact) mass is 350 g/mol. The molecule has 25 heavy (non-hydrogen) atoms. The summed E-state index contributed by atoms with van der Waals surface area (Å²) in [5.41, 5.74) is 0. The van der Waals surface area contributed by atoms with Crippen LogP contribution in [0.5, 0.6) is 0 Å². The van der Waals surface area contributed by atoms with Crippen LogP contribution in [0.4, 0.5) is 0 Å². The summed E-state index contributed by atoms with van der Waals surface area (Å²) in [7, 11) is 0. The molecule has 0 spiro atoms. The lowest BCUT2D eigenvalue weighted by Gasteiger charge is -2.35. The average Bonchev–Trinajstić information content (AvgIpc) is 3.02. The summed E-state index contributed by atoms with van der Waals surface area (Å²) >= 11 is 0. The van der Waals surface area contributed by atoms with Crippen LogP contribution in [0.25, 0.3) is 0 Å². The van der Waals surface area contributed by atoms with Crippen LogP contribution in [-0.2, 0) is 9.59 Å². The van der Waals surface area contributed by atoms with Crippen LogP contribution in [0.3, 0.4) is 0 Å². The van der Waals surface area contributed by atoms with Crippen LogP contribution in [0.15, 0.2) is 0 Å². The van der Waals surface area contributed by atoms with E-state index in [9.17, 15) is 9.59 Å². The maximum atomic E-state index is 12.6. The molecule has 1 atom stereocenters. The zero-order chi connectivity index (χ0) is 17.6. The second-order valence-electron chi connectivity index (χ2n) is 8.47. The number of piperidine rings is 1. The molecule has 2 saturated heterocycles. The number of hydrogen-bond donors (Lipinski definition) is 2. The minimum Gasteiger partial charge on any atom is -0.354 e. The van der Waals surface area contributed by atoms with Crippen LogP contribution in [-0.4, -0.2) is 55.0 Å². The first-order chi connectivity index (χ1) is 12.1. The molecular weight excluding hydrogens is 314 g/mol. The van der Waals surface area contributed by atoms with Crippen molar-refractivity contribution in [2.24, 2.45) is 5.92 Å². The van der Waals surface area contributed by atoms with E-state index in [1.54, 1.807) is 4.90 Å². The van der Waals surface area contributed by atoms with E-state index in [2.05, 4.69) is 12.2 Å². The summed E-state index contributed by atoms with van der Waals surface area (Å²) in [6.07, 6.45) is 10.8. The Morgan fingerprint density at radius 1 is 1.12 bits per heavy atom. The Labute approximate surface area is 152 Å². The first-order valence-electron chi connectivity index (χ1n) is 10.6. The molecule has 3 rings (SSSR count). The van der Waals surface area contributed by atoms with Gasteiger partial charge in [-0.2, -0.15) is 0 Å². The zero-order valence-corrected chi connectivity index (χ0v) is 15.9. The highest BCUT2D eigenvalue weighted by Gasteiger charge is 2.40. The van der Waals surface area contributed by atoms with Gasteiger partial charge in [-0.3, -0.25) is 9.59 Å². The van der Waals surface area contributed by atoms with E-state index in [1.807, 2.05) is 4.90 Å². The smallest absolute Gasteiger partial charge is 0.242 e.